The molecule has 0 spiro atoms. The number of carbonyl (C=O) groups excluding carboxylic acids is 1. The largest absolute Gasteiger partial charge is 0.494 e. The van der Waals surface area contributed by atoms with Gasteiger partial charge in [-0.2, -0.15) is 4.98 Å². The van der Waals surface area contributed by atoms with Crippen LogP contribution in [0.5, 0.6) is 5.75 Å². The lowest BCUT2D eigenvalue weighted by molar-refractivity contribution is -0.111. The average molecular weight is 552 g/mol. The summed E-state index contributed by atoms with van der Waals surface area (Å²) in [6.45, 7) is 7.91. The minimum absolute atomic E-state index is 0.163. The van der Waals surface area contributed by atoms with Crippen LogP contribution >= 0.6 is 0 Å². The summed E-state index contributed by atoms with van der Waals surface area (Å²) in [7, 11) is 7.64. The third-order valence-electron chi connectivity index (χ3n) is 6.92. The average Bonchev–Trinajstić information content (AvgIpc) is 3.49. The molecule has 2 aromatic rings. The smallest absolute Gasteiger partial charge is 0.247 e. The van der Waals surface area contributed by atoms with Gasteiger partial charge >= 0.3 is 0 Å². The maximum Gasteiger partial charge on any atom is 0.247 e. The van der Waals surface area contributed by atoms with E-state index in [4.69, 9.17) is 19.2 Å². The van der Waals surface area contributed by atoms with Crippen LogP contribution in [-0.4, -0.2) is 94.6 Å². The van der Waals surface area contributed by atoms with E-state index in [0.29, 0.717) is 42.8 Å². The summed E-state index contributed by atoms with van der Waals surface area (Å²) in [5.74, 6) is 1.43. The number of nitrogens with zero attached hydrogens (tertiary/aromatic N) is 4. The molecule has 0 saturated carbocycles. The maximum absolute atomic E-state index is 12.3. The summed E-state index contributed by atoms with van der Waals surface area (Å²) in [6.07, 6.45) is 8.23. The number of rotatable bonds is 13. The molecule has 0 aliphatic carbocycles. The normalized spacial score (nSPS) is 16.8. The maximum atomic E-state index is 12.3. The van der Waals surface area contributed by atoms with Gasteiger partial charge in [0.1, 0.15) is 11.6 Å². The molecule has 2 aliphatic rings. The van der Waals surface area contributed by atoms with E-state index >= 15 is 0 Å². The van der Waals surface area contributed by atoms with E-state index in [0.717, 1.165) is 61.6 Å². The molecule has 3 N–H and O–H groups in total. The lowest BCUT2D eigenvalue weighted by Gasteiger charge is -2.26. The van der Waals surface area contributed by atoms with Crippen molar-refractivity contribution in [2.24, 2.45) is 0 Å². The lowest BCUT2D eigenvalue weighted by Crippen LogP contribution is -2.29. The molecule has 1 fully saturated rings. The molecule has 2 aliphatic heterocycles. The molecule has 0 bridgehead atoms. The Kier molecular flexibility index (Phi) is 10.3. The Morgan fingerprint density at radius 1 is 1.23 bits per heavy atom. The first kappa shape index (κ1) is 29.3. The van der Waals surface area contributed by atoms with Gasteiger partial charge in [0.25, 0.3) is 0 Å². The summed E-state index contributed by atoms with van der Waals surface area (Å²) in [5, 5.41) is 9.72. The molecule has 4 rings (SSSR count). The third-order valence-corrected chi connectivity index (χ3v) is 6.92. The fourth-order valence-electron chi connectivity index (χ4n) is 4.63. The Balaban J connectivity index is 1.65. The van der Waals surface area contributed by atoms with E-state index in [1.807, 2.05) is 39.5 Å². The Labute approximate surface area is 236 Å². The topological polar surface area (TPSA) is 113 Å². The Morgan fingerprint density at radius 2 is 2.08 bits per heavy atom. The second-order valence-corrected chi connectivity index (χ2v) is 10.1. The molecular formula is C29H41N7O4. The van der Waals surface area contributed by atoms with Crippen LogP contribution in [0.4, 0.5) is 28.8 Å². The molecule has 1 saturated heterocycles. The summed E-state index contributed by atoms with van der Waals surface area (Å²) in [5.41, 5.74) is 4.17. The monoisotopic (exact) mass is 551 g/mol. The highest BCUT2D eigenvalue weighted by Crippen LogP contribution is 2.38. The van der Waals surface area contributed by atoms with Crippen LogP contribution in [0.3, 0.4) is 0 Å². The minimum Gasteiger partial charge on any atom is -0.494 e. The number of amides is 1. The molecule has 11 nitrogen and oxygen atoms in total. The second-order valence-electron chi connectivity index (χ2n) is 10.1. The zero-order valence-electron chi connectivity index (χ0n) is 24.0. The highest BCUT2D eigenvalue weighted by atomic mass is 16.5. The van der Waals surface area contributed by atoms with Crippen molar-refractivity contribution in [3.63, 3.8) is 0 Å². The van der Waals surface area contributed by atoms with Crippen LogP contribution in [0.2, 0.25) is 0 Å². The van der Waals surface area contributed by atoms with Crippen LogP contribution in [0.25, 0.3) is 5.57 Å². The van der Waals surface area contributed by atoms with Crippen molar-refractivity contribution in [3.8, 4) is 5.75 Å². The lowest BCUT2D eigenvalue weighted by atomic mass is 10.0. The quantitative estimate of drug-likeness (QED) is 0.318. The number of hydrogen-bond acceptors (Lipinski definition) is 10. The number of methoxy groups -OCH3 is 1. The number of ether oxygens (including phenoxy) is 3. The zero-order valence-corrected chi connectivity index (χ0v) is 24.0. The molecule has 1 amide bonds. The molecule has 40 heavy (non-hydrogen) atoms. The molecule has 0 radical (unpaired) electrons. The van der Waals surface area contributed by atoms with E-state index in [9.17, 15) is 4.79 Å². The van der Waals surface area contributed by atoms with Crippen molar-refractivity contribution in [3.05, 3.63) is 42.6 Å². The van der Waals surface area contributed by atoms with Gasteiger partial charge in [-0.05, 0) is 51.1 Å². The van der Waals surface area contributed by atoms with Crippen LogP contribution in [0.1, 0.15) is 24.8 Å². The second kappa shape index (κ2) is 14.1. The van der Waals surface area contributed by atoms with Gasteiger partial charge in [-0.15, -0.1) is 0 Å². The molecule has 1 aromatic heterocycles. The van der Waals surface area contributed by atoms with Crippen molar-refractivity contribution in [1.82, 2.24) is 14.9 Å². The standard InChI is InChI=1S/C29H41N7O4/c1-6-27(37)32-23-16-24(26(38-5)17-25(23)36(4)12-11-35(2)3)33-29-31-19-22(20-9-14-39-15-10-20)28(34-29)30-18-21-8-7-13-40-21/h6,9,16-17,19,21H,1,7-8,10-15,18H2,2-5H3,(H,32,37)(H2,30,31,33,34)/t21-/m1/s1. The van der Waals surface area contributed by atoms with E-state index in [2.05, 4.69) is 43.4 Å². The van der Waals surface area contributed by atoms with Crippen molar-refractivity contribution in [2.45, 2.75) is 25.4 Å². The summed E-state index contributed by atoms with van der Waals surface area (Å²) < 4.78 is 17.1. The number of nitrogens with one attached hydrogen (secondary N) is 3. The summed E-state index contributed by atoms with van der Waals surface area (Å²) in [6, 6.07) is 3.73. The first-order valence-corrected chi connectivity index (χ1v) is 13.7. The Morgan fingerprint density at radius 3 is 2.75 bits per heavy atom. The molecule has 0 unspecified atom stereocenters. The first-order valence-electron chi connectivity index (χ1n) is 13.7. The van der Waals surface area contributed by atoms with Gasteiger partial charge in [-0.25, -0.2) is 4.98 Å². The number of hydrogen-bond donors (Lipinski definition) is 3. The van der Waals surface area contributed by atoms with Crippen molar-refractivity contribution in [1.29, 1.82) is 0 Å². The molecule has 1 aromatic carbocycles. The van der Waals surface area contributed by atoms with E-state index < -0.39 is 0 Å². The van der Waals surface area contributed by atoms with Gasteiger partial charge in [0.2, 0.25) is 11.9 Å². The highest BCUT2D eigenvalue weighted by molar-refractivity contribution is 6.02. The fourth-order valence-corrected chi connectivity index (χ4v) is 4.63. The van der Waals surface area contributed by atoms with Gasteiger partial charge in [0, 0.05) is 51.1 Å². The number of aromatic nitrogens is 2. The van der Waals surface area contributed by atoms with E-state index in [-0.39, 0.29) is 12.0 Å². The number of carbonyl (C=O) groups is 1. The van der Waals surface area contributed by atoms with Crippen LogP contribution in [0, 0.1) is 0 Å². The summed E-state index contributed by atoms with van der Waals surface area (Å²) >= 11 is 0. The predicted octanol–water partition coefficient (Wildman–Crippen LogP) is 3.75. The van der Waals surface area contributed by atoms with Gasteiger partial charge in [0.05, 0.1) is 43.5 Å². The SMILES string of the molecule is C=CC(=O)Nc1cc(Nc2ncc(C3=CCOCC3)c(NC[C@H]3CCCO3)n2)c(OC)cc1N(C)CCN(C)C. The third kappa shape index (κ3) is 7.71. The Hall–Kier alpha value is -3.67. The van der Waals surface area contributed by atoms with Crippen molar-refractivity contribution in [2.75, 3.05) is 88.6 Å². The number of likely N-dealkylation sites (N-methyl/N-ethyl adjacent to an activating group) is 2. The van der Waals surface area contributed by atoms with Gasteiger partial charge in [0.15, 0.2) is 0 Å². The van der Waals surface area contributed by atoms with Gasteiger partial charge < -0.3 is 40.0 Å². The van der Waals surface area contributed by atoms with E-state index in [1.54, 1.807) is 7.11 Å². The highest BCUT2D eigenvalue weighted by Gasteiger charge is 2.20. The Bertz CT molecular complexity index is 1210. The van der Waals surface area contributed by atoms with Crippen LogP contribution in [-0.2, 0) is 14.3 Å². The molecule has 1 atom stereocenters. The molecule has 3 heterocycles. The summed E-state index contributed by atoms with van der Waals surface area (Å²) in [4.78, 5) is 25.9. The van der Waals surface area contributed by atoms with Crippen molar-refractivity contribution < 1.29 is 19.0 Å². The van der Waals surface area contributed by atoms with Crippen LogP contribution in [0.15, 0.2) is 37.1 Å². The molecule has 216 valence electrons. The molecular weight excluding hydrogens is 510 g/mol. The van der Waals surface area contributed by atoms with Gasteiger partial charge in [-0.1, -0.05) is 12.7 Å². The van der Waals surface area contributed by atoms with E-state index in [1.165, 1.54) is 6.08 Å². The van der Waals surface area contributed by atoms with Gasteiger partial charge in [-0.3, -0.25) is 4.79 Å². The van der Waals surface area contributed by atoms with Crippen molar-refractivity contribution >= 4 is 40.3 Å². The van der Waals surface area contributed by atoms with Crippen LogP contribution < -0.4 is 25.6 Å². The molecule has 11 heteroatoms. The first-order chi connectivity index (χ1) is 19.4. The fraction of sp³-hybridized carbons (Fsp3) is 0.483. The minimum atomic E-state index is -0.302. The predicted molar refractivity (Wildman–Crippen MR) is 160 cm³/mol. The number of anilines is 5. The zero-order chi connectivity index (χ0) is 28.5. The number of benzene rings is 1.